The number of hydrogen-bond acceptors (Lipinski definition) is 2. The van der Waals surface area contributed by atoms with Gasteiger partial charge in [0.1, 0.15) is 0 Å². The van der Waals surface area contributed by atoms with Crippen LogP contribution in [0.25, 0.3) is 0 Å². The van der Waals surface area contributed by atoms with Crippen LogP contribution in [0.1, 0.15) is 38.2 Å². The van der Waals surface area contributed by atoms with Crippen molar-refractivity contribution in [1.29, 1.82) is 0 Å². The Morgan fingerprint density at radius 3 is 2.89 bits per heavy atom. The summed E-state index contributed by atoms with van der Waals surface area (Å²) in [6.07, 6.45) is 3.78. The van der Waals surface area contributed by atoms with Crippen LogP contribution >= 0.6 is 22.6 Å². The molecular formula is C15H21IN2O. The monoisotopic (exact) mass is 372 g/mol. The minimum atomic E-state index is -0.700. The van der Waals surface area contributed by atoms with Gasteiger partial charge >= 0.3 is 0 Å². The van der Waals surface area contributed by atoms with E-state index in [4.69, 9.17) is 5.73 Å². The molecule has 2 atom stereocenters. The number of anilines is 1. The van der Waals surface area contributed by atoms with Crippen molar-refractivity contribution in [2.75, 3.05) is 5.32 Å². The second-order valence-corrected chi connectivity index (χ2v) is 6.94. The van der Waals surface area contributed by atoms with Gasteiger partial charge in [-0.1, -0.05) is 25.8 Å². The van der Waals surface area contributed by atoms with Crippen molar-refractivity contribution in [3.8, 4) is 0 Å². The molecule has 3 N–H and O–H groups in total. The Labute approximate surface area is 128 Å². The number of amides is 1. The molecule has 1 amide bonds. The highest BCUT2D eigenvalue weighted by molar-refractivity contribution is 14.1. The molecule has 2 unspecified atom stereocenters. The van der Waals surface area contributed by atoms with Gasteiger partial charge in [-0.25, -0.2) is 0 Å². The third kappa shape index (κ3) is 3.48. The Bertz CT molecular complexity index is 489. The molecular weight excluding hydrogens is 351 g/mol. The number of rotatable bonds is 2. The fraction of sp³-hybridized carbons (Fsp3) is 0.533. The van der Waals surface area contributed by atoms with E-state index < -0.39 is 5.54 Å². The number of carbonyl (C=O) groups excluding carboxylic acids is 1. The number of halogens is 1. The lowest BCUT2D eigenvalue weighted by molar-refractivity contribution is -0.122. The molecule has 104 valence electrons. The Kier molecular flexibility index (Phi) is 4.50. The smallest absolute Gasteiger partial charge is 0.244 e. The summed E-state index contributed by atoms with van der Waals surface area (Å²) < 4.78 is 1.15. The Morgan fingerprint density at radius 1 is 1.53 bits per heavy atom. The first-order chi connectivity index (χ1) is 8.90. The van der Waals surface area contributed by atoms with E-state index in [0.29, 0.717) is 5.92 Å². The first-order valence-corrected chi connectivity index (χ1v) is 7.85. The fourth-order valence-corrected chi connectivity index (χ4v) is 3.24. The molecule has 1 aromatic rings. The predicted octanol–water partition coefficient (Wildman–Crippen LogP) is 3.45. The van der Waals surface area contributed by atoms with Crippen molar-refractivity contribution in [2.24, 2.45) is 11.7 Å². The van der Waals surface area contributed by atoms with Crippen LogP contribution in [0.5, 0.6) is 0 Å². The van der Waals surface area contributed by atoms with Crippen molar-refractivity contribution in [3.63, 3.8) is 0 Å². The second kappa shape index (κ2) is 5.79. The van der Waals surface area contributed by atoms with Gasteiger partial charge in [0, 0.05) is 9.26 Å². The molecule has 0 spiro atoms. The summed E-state index contributed by atoms with van der Waals surface area (Å²) in [6, 6.07) is 5.94. The third-order valence-electron chi connectivity index (χ3n) is 3.91. The van der Waals surface area contributed by atoms with Gasteiger partial charge in [-0.3, -0.25) is 4.79 Å². The zero-order valence-corrected chi connectivity index (χ0v) is 13.7. The highest BCUT2D eigenvalue weighted by Gasteiger charge is 2.37. The summed E-state index contributed by atoms with van der Waals surface area (Å²) in [7, 11) is 0. The molecule has 1 fully saturated rings. The summed E-state index contributed by atoms with van der Waals surface area (Å²) in [5, 5.41) is 2.97. The van der Waals surface area contributed by atoms with E-state index in [1.807, 2.05) is 18.2 Å². The van der Waals surface area contributed by atoms with E-state index in [2.05, 4.69) is 41.8 Å². The van der Waals surface area contributed by atoms with Crippen molar-refractivity contribution in [1.82, 2.24) is 0 Å². The van der Waals surface area contributed by atoms with Gasteiger partial charge in [-0.2, -0.15) is 0 Å². The minimum Gasteiger partial charge on any atom is -0.324 e. The second-order valence-electron chi connectivity index (χ2n) is 5.78. The zero-order valence-electron chi connectivity index (χ0n) is 11.5. The van der Waals surface area contributed by atoms with Crippen molar-refractivity contribution >= 4 is 34.2 Å². The summed E-state index contributed by atoms with van der Waals surface area (Å²) >= 11 is 2.28. The average Bonchev–Trinajstić information content (AvgIpc) is 2.33. The van der Waals surface area contributed by atoms with Crippen LogP contribution in [0, 0.1) is 16.4 Å². The number of hydrogen-bond donors (Lipinski definition) is 2. The topological polar surface area (TPSA) is 55.1 Å². The van der Waals surface area contributed by atoms with E-state index in [1.165, 1.54) is 12.0 Å². The maximum Gasteiger partial charge on any atom is 0.244 e. The quantitative estimate of drug-likeness (QED) is 0.782. The number of benzene rings is 1. The predicted molar refractivity (Wildman–Crippen MR) is 87.1 cm³/mol. The highest BCUT2D eigenvalue weighted by Crippen LogP contribution is 2.31. The molecule has 0 radical (unpaired) electrons. The third-order valence-corrected chi connectivity index (χ3v) is 5.08. The molecule has 19 heavy (non-hydrogen) atoms. The van der Waals surface area contributed by atoms with Crippen molar-refractivity contribution in [3.05, 3.63) is 27.3 Å². The summed E-state index contributed by atoms with van der Waals surface area (Å²) in [6.45, 7) is 4.23. The van der Waals surface area contributed by atoms with E-state index in [0.717, 1.165) is 28.5 Å². The largest absolute Gasteiger partial charge is 0.324 e. The maximum atomic E-state index is 12.4. The zero-order chi connectivity index (χ0) is 14.0. The SMILES string of the molecule is Cc1ccc(NC(=O)C2(N)CCCC(C)C2)cc1I. The van der Waals surface area contributed by atoms with Gasteiger partial charge in [0.25, 0.3) is 0 Å². The van der Waals surface area contributed by atoms with Crippen molar-refractivity contribution in [2.45, 2.75) is 45.1 Å². The maximum absolute atomic E-state index is 12.4. The fourth-order valence-electron chi connectivity index (χ4n) is 2.72. The van der Waals surface area contributed by atoms with Crippen LogP contribution in [-0.4, -0.2) is 11.4 Å². The molecule has 2 rings (SSSR count). The van der Waals surface area contributed by atoms with Gasteiger partial charge < -0.3 is 11.1 Å². The van der Waals surface area contributed by atoms with Gasteiger partial charge in [0.05, 0.1) is 5.54 Å². The normalized spacial score (nSPS) is 27.1. The van der Waals surface area contributed by atoms with Crippen LogP contribution in [-0.2, 0) is 4.79 Å². The Hall–Kier alpha value is -0.620. The number of carbonyl (C=O) groups is 1. The number of nitrogens with two attached hydrogens (primary N) is 1. The molecule has 0 bridgehead atoms. The van der Waals surface area contributed by atoms with E-state index in [1.54, 1.807) is 0 Å². The van der Waals surface area contributed by atoms with Gasteiger partial charge in [0.2, 0.25) is 5.91 Å². The molecule has 0 heterocycles. The minimum absolute atomic E-state index is 0.0429. The lowest BCUT2D eigenvalue weighted by Crippen LogP contribution is -2.53. The van der Waals surface area contributed by atoms with Crippen LogP contribution in [0.3, 0.4) is 0 Å². The molecule has 3 nitrogen and oxygen atoms in total. The average molecular weight is 372 g/mol. The Morgan fingerprint density at radius 2 is 2.26 bits per heavy atom. The summed E-state index contributed by atoms with van der Waals surface area (Å²) in [5.74, 6) is 0.487. The first kappa shape index (κ1) is 14.8. The molecule has 0 aliphatic heterocycles. The van der Waals surface area contributed by atoms with Gasteiger partial charge in [-0.15, -0.1) is 0 Å². The number of nitrogens with one attached hydrogen (secondary N) is 1. The van der Waals surface area contributed by atoms with Crippen LogP contribution in [0.2, 0.25) is 0 Å². The van der Waals surface area contributed by atoms with Crippen LogP contribution < -0.4 is 11.1 Å². The molecule has 1 aromatic carbocycles. The number of aryl methyl sites for hydroxylation is 1. The molecule has 1 aliphatic carbocycles. The van der Waals surface area contributed by atoms with E-state index in [-0.39, 0.29) is 5.91 Å². The highest BCUT2D eigenvalue weighted by atomic mass is 127. The van der Waals surface area contributed by atoms with Gasteiger partial charge in [-0.05, 0) is 66.0 Å². The Balaban J connectivity index is 2.09. The molecule has 1 saturated carbocycles. The molecule has 1 aliphatic rings. The van der Waals surface area contributed by atoms with Crippen LogP contribution in [0.4, 0.5) is 5.69 Å². The lowest BCUT2D eigenvalue weighted by Gasteiger charge is -2.35. The molecule has 0 saturated heterocycles. The van der Waals surface area contributed by atoms with Crippen molar-refractivity contribution < 1.29 is 4.79 Å². The lowest BCUT2D eigenvalue weighted by atomic mass is 9.76. The summed E-state index contributed by atoms with van der Waals surface area (Å²) in [4.78, 5) is 12.4. The van der Waals surface area contributed by atoms with Gasteiger partial charge in [0.15, 0.2) is 0 Å². The van der Waals surface area contributed by atoms with Crippen LogP contribution in [0.15, 0.2) is 18.2 Å². The molecule has 4 heteroatoms. The van der Waals surface area contributed by atoms with E-state index >= 15 is 0 Å². The molecule has 0 aromatic heterocycles. The standard InChI is InChI=1S/C15H21IN2O/c1-10-4-3-7-15(17,9-10)14(19)18-12-6-5-11(2)13(16)8-12/h5-6,8,10H,3-4,7,9,17H2,1-2H3,(H,18,19). The summed E-state index contributed by atoms with van der Waals surface area (Å²) in [5.41, 5.74) is 7.65. The first-order valence-electron chi connectivity index (χ1n) is 6.77. The van der Waals surface area contributed by atoms with E-state index in [9.17, 15) is 4.79 Å².